The lowest BCUT2D eigenvalue weighted by molar-refractivity contribution is 0.103. The molecule has 5 rings (SSSR count). The molecule has 0 radical (unpaired) electrons. The van der Waals surface area contributed by atoms with E-state index in [-0.39, 0.29) is 5.91 Å². The van der Waals surface area contributed by atoms with Gasteiger partial charge in [0.15, 0.2) is 0 Å². The van der Waals surface area contributed by atoms with Gasteiger partial charge in [-0.1, -0.05) is 54.1 Å². The summed E-state index contributed by atoms with van der Waals surface area (Å²) in [5.41, 5.74) is 11.0. The predicted octanol–water partition coefficient (Wildman–Crippen LogP) is 5.34. The van der Waals surface area contributed by atoms with Crippen molar-refractivity contribution < 1.29 is 4.79 Å². The van der Waals surface area contributed by atoms with E-state index in [1.54, 1.807) is 12.1 Å². The number of carbonyl (C=O) groups is 1. The summed E-state index contributed by atoms with van der Waals surface area (Å²) in [6.07, 6.45) is 0.886. The number of nitrogen functional groups attached to an aromatic ring is 1. The average Bonchev–Trinajstić information content (AvgIpc) is 3.10. The third kappa shape index (κ3) is 4.02. The Hall–Kier alpha value is -2.93. The molecular formula is C24H21ClN4OS. The van der Waals surface area contributed by atoms with Gasteiger partial charge >= 0.3 is 0 Å². The van der Waals surface area contributed by atoms with Crippen LogP contribution in [0.5, 0.6) is 0 Å². The second-order valence-corrected chi connectivity index (χ2v) is 9.08. The van der Waals surface area contributed by atoms with Crippen molar-refractivity contribution in [3.05, 3.63) is 87.4 Å². The van der Waals surface area contributed by atoms with Gasteiger partial charge in [-0.05, 0) is 29.3 Å². The Labute approximate surface area is 189 Å². The Morgan fingerprint density at radius 2 is 1.94 bits per heavy atom. The summed E-state index contributed by atoms with van der Waals surface area (Å²) in [5, 5.41) is 4.19. The molecule has 31 heavy (non-hydrogen) atoms. The molecule has 0 saturated carbocycles. The minimum atomic E-state index is -0.266. The molecule has 0 saturated heterocycles. The fourth-order valence-corrected chi connectivity index (χ4v) is 5.12. The zero-order valence-electron chi connectivity index (χ0n) is 16.8. The van der Waals surface area contributed by atoms with Crippen molar-refractivity contribution in [2.24, 2.45) is 0 Å². The number of rotatable bonds is 4. The number of nitrogens with one attached hydrogen (secondary N) is 1. The number of amides is 1. The van der Waals surface area contributed by atoms with Gasteiger partial charge in [0.1, 0.15) is 9.71 Å². The highest BCUT2D eigenvalue weighted by atomic mass is 35.5. The summed E-state index contributed by atoms with van der Waals surface area (Å²) in [6, 6.07) is 19.7. The summed E-state index contributed by atoms with van der Waals surface area (Å²) in [7, 11) is 0. The molecule has 0 aliphatic carbocycles. The number of benzene rings is 2. The number of carbonyl (C=O) groups excluding carboxylic acids is 1. The first kappa shape index (κ1) is 20.0. The number of hydrogen-bond donors (Lipinski definition) is 2. The van der Waals surface area contributed by atoms with E-state index >= 15 is 0 Å². The quantitative estimate of drug-likeness (QED) is 0.442. The smallest absolute Gasteiger partial charge is 0.267 e. The summed E-state index contributed by atoms with van der Waals surface area (Å²) in [6.45, 7) is 2.69. The van der Waals surface area contributed by atoms with E-state index in [4.69, 9.17) is 22.3 Å². The van der Waals surface area contributed by atoms with E-state index in [0.717, 1.165) is 42.0 Å². The number of halogens is 1. The first-order valence-corrected chi connectivity index (χ1v) is 11.3. The van der Waals surface area contributed by atoms with Crippen LogP contribution in [0.15, 0.2) is 60.7 Å². The number of anilines is 2. The van der Waals surface area contributed by atoms with Crippen LogP contribution in [0.2, 0.25) is 5.02 Å². The van der Waals surface area contributed by atoms with Crippen LogP contribution < -0.4 is 11.1 Å². The van der Waals surface area contributed by atoms with E-state index in [9.17, 15) is 4.79 Å². The molecule has 156 valence electrons. The molecule has 0 bridgehead atoms. The number of nitrogens with zero attached hydrogens (tertiary/aromatic N) is 2. The fourth-order valence-electron chi connectivity index (χ4n) is 3.94. The standard InChI is InChI=1S/C24H21ClN4OS/c25-18-8-4-5-9-20(18)27-23(30)22-21(26)17-12-16-14-29(13-15-6-2-1-3-7-15)11-10-19(16)28-24(17)31-22/h1-9,12H,10-11,13-14,26H2,(H,27,30). The summed E-state index contributed by atoms with van der Waals surface area (Å²) < 4.78 is 0. The first-order valence-electron chi connectivity index (χ1n) is 10.1. The van der Waals surface area contributed by atoms with Crippen molar-refractivity contribution >= 4 is 50.4 Å². The van der Waals surface area contributed by atoms with Gasteiger partial charge < -0.3 is 11.1 Å². The van der Waals surface area contributed by atoms with Crippen molar-refractivity contribution in [1.82, 2.24) is 9.88 Å². The number of pyridine rings is 1. The number of aromatic nitrogens is 1. The average molecular weight is 449 g/mol. The van der Waals surface area contributed by atoms with Gasteiger partial charge in [-0.25, -0.2) is 4.98 Å². The second kappa shape index (κ2) is 8.30. The van der Waals surface area contributed by atoms with E-state index in [2.05, 4.69) is 40.5 Å². The normalized spacial score (nSPS) is 13.8. The molecule has 1 amide bonds. The Kier molecular flexibility index (Phi) is 5.36. The molecule has 2 aromatic heterocycles. The van der Waals surface area contributed by atoms with Gasteiger partial charge in [0.2, 0.25) is 0 Å². The molecule has 0 atom stereocenters. The van der Waals surface area contributed by atoms with Crippen LogP contribution in [0.25, 0.3) is 10.2 Å². The Balaban J connectivity index is 1.41. The lowest BCUT2D eigenvalue weighted by atomic mass is 10.0. The Morgan fingerprint density at radius 3 is 2.74 bits per heavy atom. The third-order valence-electron chi connectivity index (χ3n) is 5.53. The highest BCUT2D eigenvalue weighted by Crippen LogP contribution is 2.36. The number of hydrogen-bond acceptors (Lipinski definition) is 5. The Morgan fingerprint density at radius 1 is 1.16 bits per heavy atom. The van der Waals surface area contributed by atoms with Crippen molar-refractivity contribution in [2.75, 3.05) is 17.6 Å². The zero-order valence-corrected chi connectivity index (χ0v) is 18.3. The molecule has 0 spiro atoms. The molecule has 5 nitrogen and oxygen atoms in total. The molecule has 1 aliphatic rings. The van der Waals surface area contributed by atoms with Crippen molar-refractivity contribution in [3.63, 3.8) is 0 Å². The van der Waals surface area contributed by atoms with Gasteiger partial charge in [-0.3, -0.25) is 9.69 Å². The van der Waals surface area contributed by atoms with Gasteiger partial charge in [-0.15, -0.1) is 11.3 Å². The molecule has 0 unspecified atom stereocenters. The van der Waals surface area contributed by atoms with E-state index < -0.39 is 0 Å². The van der Waals surface area contributed by atoms with Crippen LogP contribution in [0.3, 0.4) is 0 Å². The lowest BCUT2D eigenvalue weighted by Crippen LogP contribution is -2.30. The van der Waals surface area contributed by atoms with Gasteiger partial charge in [0.25, 0.3) is 5.91 Å². The fraction of sp³-hybridized carbons (Fsp3) is 0.167. The maximum Gasteiger partial charge on any atom is 0.267 e. The minimum absolute atomic E-state index is 0.266. The van der Waals surface area contributed by atoms with E-state index in [0.29, 0.717) is 21.3 Å². The highest BCUT2D eigenvalue weighted by Gasteiger charge is 2.23. The zero-order chi connectivity index (χ0) is 21.4. The monoisotopic (exact) mass is 448 g/mol. The molecule has 4 aromatic rings. The SMILES string of the molecule is Nc1c(C(=O)Nc2ccccc2Cl)sc2nc3c(cc12)CN(Cc1ccccc1)CC3. The van der Waals surface area contributed by atoms with Gasteiger partial charge in [0.05, 0.1) is 16.4 Å². The molecule has 1 aliphatic heterocycles. The number of para-hydroxylation sites is 1. The summed E-state index contributed by atoms with van der Waals surface area (Å²) in [4.78, 5) is 21.4. The molecule has 3 N–H and O–H groups in total. The maximum absolute atomic E-state index is 12.9. The van der Waals surface area contributed by atoms with Gasteiger partial charge in [-0.2, -0.15) is 0 Å². The van der Waals surface area contributed by atoms with Crippen LogP contribution in [0, 0.1) is 0 Å². The molecule has 0 fully saturated rings. The highest BCUT2D eigenvalue weighted by molar-refractivity contribution is 7.21. The third-order valence-corrected chi connectivity index (χ3v) is 6.97. The van der Waals surface area contributed by atoms with Crippen LogP contribution in [-0.4, -0.2) is 22.3 Å². The minimum Gasteiger partial charge on any atom is -0.397 e. The molecule has 2 aromatic carbocycles. The van der Waals surface area contributed by atoms with Crippen LogP contribution >= 0.6 is 22.9 Å². The number of fused-ring (bicyclic) bond motifs is 2. The van der Waals surface area contributed by atoms with Crippen molar-refractivity contribution in [1.29, 1.82) is 0 Å². The molecule has 3 heterocycles. The topological polar surface area (TPSA) is 71.2 Å². The Bertz CT molecular complexity index is 1270. The molecular weight excluding hydrogens is 428 g/mol. The van der Waals surface area contributed by atoms with Crippen LogP contribution in [0.4, 0.5) is 11.4 Å². The first-order chi connectivity index (χ1) is 15.1. The van der Waals surface area contributed by atoms with Crippen molar-refractivity contribution in [2.45, 2.75) is 19.5 Å². The van der Waals surface area contributed by atoms with Crippen LogP contribution in [-0.2, 0) is 19.5 Å². The number of nitrogens with two attached hydrogens (primary N) is 1. The lowest BCUT2D eigenvalue weighted by Gasteiger charge is -2.28. The maximum atomic E-state index is 12.9. The van der Waals surface area contributed by atoms with Gasteiger partial charge in [0, 0.05) is 37.1 Å². The second-order valence-electron chi connectivity index (χ2n) is 7.67. The van der Waals surface area contributed by atoms with E-state index in [1.807, 2.05) is 18.2 Å². The predicted molar refractivity (Wildman–Crippen MR) is 128 cm³/mol. The van der Waals surface area contributed by atoms with E-state index in [1.165, 1.54) is 22.5 Å². The number of thiophene rings is 1. The molecule has 7 heteroatoms. The largest absolute Gasteiger partial charge is 0.397 e. The summed E-state index contributed by atoms with van der Waals surface area (Å²) in [5.74, 6) is -0.266. The summed E-state index contributed by atoms with van der Waals surface area (Å²) >= 11 is 7.50. The van der Waals surface area contributed by atoms with Crippen LogP contribution in [0.1, 0.15) is 26.5 Å². The van der Waals surface area contributed by atoms with Crippen molar-refractivity contribution in [3.8, 4) is 0 Å².